The van der Waals surface area contributed by atoms with E-state index in [0.29, 0.717) is 0 Å². The predicted octanol–water partition coefficient (Wildman–Crippen LogP) is 0.330. The molecule has 1 spiro atoms. The molecule has 1 heterocycles. The molecule has 0 bridgehead atoms. The molecule has 0 aromatic heterocycles. The fourth-order valence-electron chi connectivity index (χ4n) is 1.86. The fourth-order valence-corrected chi connectivity index (χ4v) is 1.86. The maximum atomic E-state index is 10.6. The SMILES string of the molecule is O=C(O)C1NCCC2(CCC2)O1. The Kier molecular flexibility index (Phi) is 1.81. The lowest BCUT2D eigenvalue weighted by Gasteiger charge is -2.46. The molecule has 2 fully saturated rings. The lowest BCUT2D eigenvalue weighted by atomic mass is 9.77. The summed E-state index contributed by atoms with van der Waals surface area (Å²) in [5.74, 6) is -0.902. The van der Waals surface area contributed by atoms with Gasteiger partial charge < -0.3 is 9.84 Å². The number of carbonyl (C=O) groups is 1. The van der Waals surface area contributed by atoms with E-state index in [-0.39, 0.29) is 5.60 Å². The molecule has 68 valence electrons. The number of aliphatic carboxylic acids is 1. The Morgan fingerprint density at radius 1 is 1.50 bits per heavy atom. The summed E-state index contributed by atoms with van der Waals surface area (Å²) in [5.41, 5.74) is -0.0890. The van der Waals surface area contributed by atoms with Crippen LogP contribution in [0.25, 0.3) is 0 Å². The number of hydrogen-bond donors (Lipinski definition) is 2. The van der Waals surface area contributed by atoms with Crippen molar-refractivity contribution in [1.82, 2.24) is 5.32 Å². The van der Waals surface area contributed by atoms with Crippen molar-refractivity contribution in [1.29, 1.82) is 0 Å². The lowest BCUT2D eigenvalue weighted by Crippen LogP contribution is -2.56. The second-order valence-electron chi connectivity index (χ2n) is 3.58. The maximum absolute atomic E-state index is 10.6. The molecular formula is C8H13NO3. The van der Waals surface area contributed by atoms with Crippen LogP contribution in [0.1, 0.15) is 25.7 Å². The first-order valence-corrected chi connectivity index (χ1v) is 4.36. The molecule has 4 heteroatoms. The molecule has 4 nitrogen and oxygen atoms in total. The van der Waals surface area contributed by atoms with Gasteiger partial charge in [0.05, 0.1) is 5.60 Å². The molecule has 0 amide bonds. The average molecular weight is 171 g/mol. The Hall–Kier alpha value is -0.610. The zero-order chi connectivity index (χ0) is 8.60. The van der Waals surface area contributed by atoms with Gasteiger partial charge >= 0.3 is 5.97 Å². The smallest absolute Gasteiger partial charge is 0.348 e. The first-order chi connectivity index (χ1) is 5.72. The monoisotopic (exact) mass is 171 g/mol. The highest BCUT2D eigenvalue weighted by Crippen LogP contribution is 2.40. The third-order valence-corrected chi connectivity index (χ3v) is 2.77. The summed E-state index contributed by atoms with van der Waals surface area (Å²) >= 11 is 0. The molecule has 1 saturated heterocycles. The highest BCUT2D eigenvalue weighted by molar-refractivity contribution is 5.72. The van der Waals surface area contributed by atoms with Gasteiger partial charge in [0.25, 0.3) is 0 Å². The molecular weight excluding hydrogens is 158 g/mol. The summed E-state index contributed by atoms with van der Waals surface area (Å²) in [6.45, 7) is 0.761. The minimum atomic E-state index is -0.902. The second kappa shape index (κ2) is 2.71. The van der Waals surface area contributed by atoms with Crippen LogP contribution in [0, 0.1) is 0 Å². The van der Waals surface area contributed by atoms with Gasteiger partial charge in [-0.3, -0.25) is 5.32 Å². The van der Waals surface area contributed by atoms with E-state index in [9.17, 15) is 4.79 Å². The van der Waals surface area contributed by atoms with Gasteiger partial charge in [-0.25, -0.2) is 4.79 Å². The van der Waals surface area contributed by atoms with Crippen molar-refractivity contribution in [2.75, 3.05) is 6.54 Å². The molecule has 2 aliphatic rings. The quantitative estimate of drug-likeness (QED) is 0.597. The molecule has 1 unspecified atom stereocenters. The van der Waals surface area contributed by atoms with E-state index < -0.39 is 12.2 Å². The van der Waals surface area contributed by atoms with Crippen LogP contribution in [0.4, 0.5) is 0 Å². The summed E-state index contributed by atoms with van der Waals surface area (Å²) in [6.07, 6.45) is 3.40. The van der Waals surface area contributed by atoms with Crippen molar-refractivity contribution in [2.45, 2.75) is 37.5 Å². The van der Waals surface area contributed by atoms with E-state index in [1.165, 1.54) is 6.42 Å². The number of nitrogens with one attached hydrogen (secondary N) is 1. The number of carboxylic acid groups (broad SMARTS) is 1. The third kappa shape index (κ3) is 1.21. The van der Waals surface area contributed by atoms with E-state index in [4.69, 9.17) is 9.84 Å². The molecule has 0 radical (unpaired) electrons. The average Bonchev–Trinajstić information content (AvgIpc) is 2.02. The van der Waals surface area contributed by atoms with Gasteiger partial charge in [-0.05, 0) is 25.7 Å². The third-order valence-electron chi connectivity index (χ3n) is 2.77. The molecule has 1 aliphatic heterocycles. The molecule has 1 aliphatic carbocycles. The van der Waals surface area contributed by atoms with Crippen LogP contribution in [0.3, 0.4) is 0 Å². The van der Waals surface area contributed by atoms with Crippen LogP contribution in [0.2, 0.25) is 0 Å². The van der Waals surface area contributed by atoms with Gasteiger partial charge in [-0.15, -0.1) is 0 Å². The van der Waals surface area contributed by atoms with Gasteiger partial charge in [0.2, 0.25) is 6.23 Å². The molecule has 1 saturated carbocycles. The van der Waals surface area contributed by atoms with Crippen molar-refractivity contribution in [3.63, 3.8) is 0 Å². The van der Waals surface area contributed by atoms with Gasteiger partial charge in [0.15, 0.2) is 0 Å². The van der Waals surface area contributed by atoms with Crippen LogP contribution in [-0.2, 0) is 9.53 Å². The van der Waals surface area contributed by atoms with Crippen LogP contribution in [0.15, 0.2) is 0 Å². The van der Waals surface area contributed by atoms with Crippen molar-refractivity contribution >= 4 is 5.97 Å². The summed E-state index contributed by atoms with van der Waals surface area (Å²) in [4.78, 5) is 10.6. The molecule has 12 heavy (non-hydrogen) atoms. The van der Waals surface area contributed by atoms with Crippen molar-refractivity contribution < 1.29 is 14.6 Å². The van der Waals surface area contributed by atoms with Crippen LogP contribution in [0.5, 0.6) is 0 Å². The summed E-state index contributed by atoms with van der Waals surface area (Å²) < 4.78 is 5.46. The minimum Gasteiger partial charge on any atom is -0.478 e. The Balaban J connectivity index is 1.98. The summed E-state index contributed by atoms with van der Waals surface area (Å²) in [5, 5.41) is 11.5. The topological polar surface area (TPSA) is 58.6 Å². The fraction of sp³-hybridized carbons (Fsp3) is 0.875. The van der Waals surface area contributed by atoms with Gasteiger partial charge in [0, 0.05) is 6.54 Å². The Morgan fingerprint density at radius 3 is 2.75 bits per heavy atom. The highest BCUT2D eigenvalue weighted by Gasteiger charge is 2.43. The summed E-state index contributed by atoms with van der Waals surface area (Å²) in [7, 11) is 0. The van der Waals surface area contributed by atoms with E-state index >= 15 is 0 Å². The van der Waals surface area contributed by atoms with Gasteiger partial charge in [-0.2, -0.15) is 0 Å². The Morgan fingerprint density at radius 2 is 2.25 bits per heavy atom. The van der Waals surface area contributed by atoms with Crippen LogP contribution >= 0.6 is 0 Å². The molecule has 1 atom stereocenters. The zero-order valence-corrected chi connectivity index (χ0v) is 6.88. The van der Waals surface area contributed by atoms with Gasteiger partial charge in [-0.1, -0.05) is 0 Å². The standard InChI is InChI=1S/C8H13NO3/c10-7(11)6-9-5-4-8(12-6)2-1-3-8/h6,9H,1-5H2,(H,10,11). The maximum Gasteiger partial charge on any atom is 0.348 e. The number of carboxylic acids is 1. The van der Waals surface area contributed by atoms with E-state index in [0.717, 1.165) is 25.8 Å². The Labute approximate surface area is 70.9 Å². The molecule has 0 aromatic rings. The van der Waals surface area contributed by atoms with Crippen LogP contribution in [-0.4, -0.2) is 29.4 Å². The predicted molar refractivity (Wildman–Crippen MR) is 41.7 cm³/mol. The second-order valence-corrected chi connectivity index (χ2v) is 3.58. The minimum absolute atomic E-state index is 0.0890. The van der Waals surface area contributed by atoms with E-state index in [1.54, 1.807) is 0 Å². The molecule has 0 aromatic carbocycles. The van der Waals surface area contributed by atoms with Crippen molar-refractivity contribution in [2.24, 2.45) is 0 Å². The largest absolute Gasteiger partial charge is 0.478 e. The molecule has 2 rings (SSSR count). The number of ether oxygens (including phenoxy) is 1. The zero-order valence-electron chi connectivity index (χ0n) is 6.88. The van der Waals surface area contributed by atoms with Crippen molar-refractivity contribution in [3.05, 3.63) is 0 Å². The van der Waals surface area contributed by atoms with Crippen molar-refractivity contribution in [3.8, 4) is 0 Å². The Bertz CT molecular complexity index is 200. The van der Waals surface area contributed by atoms with E-state index in [1.807, 2.05) is 0 Å². The first-order valence-electron chi connectivity index (χ1n) is 4.36. The normalized spacial score (nSPS) is 32.8. The van der Waals surface area contributed by atoms with E-state index in [2.05, 4.69) is 5.32 Å². The van der Waals surface area contributed by atoms with Gasteiger partial charge in [0.1, 0.15) is 0 Å². The number of rotatable bonds is 1. The van der Waals surface area contributed by atoms with Crippen LogP contribution < -0.4 is 5.32 Å². The molecule has 2 N–H and O–H groups in total. The first kappa shape index (κ1) is 8.01. The lowest BCUT2D eigenvalue weighted by molar-refractivity contribution is -0.196. The number of hydrogen-bond acceptors (Lipinski definition) is 3. The summed E-state index contributed by atoms with van der Waals surface area (Å²) in [6, 6.07) is 0. The highest BCUT2D eigenvalue weighted by atomic mass is 16.5.